The molecule has 3 amide bonds. The molecule has 0 aliphatic carbocycles. The number of primary amides is 2. The predicted octanol–water partition coefficient (Wildman–Crippen LogP) is 2.13. The van der Waals surface area contributed by atoms with Gasteiger partial charge in [0.15, 0.2) is 0 Å². The van der Waals surface area contributed by atoms with Gasteiger partial charge < -0.3 is 42.7 Å². The molecule has 32 heteroatoms. The van der Waals surface area contributed by atoms with Crippen molar-refractivity contribution in [3.05, 3.63) is 62.4 Å². The number of hydrazine groups is 1. The van der Waals surface area contributed by atoms with E-state index in [2.05, 4.69) is 78.6 Å². The first-order chi connectivity index (χ1) is 31.6. The number of nitrogens with one attached hydrogen (secondary N) is 6. The van der Waals surface area contributed by atoms with Gasteiger partial charge in [-0.25, -0.2) is 4.79 Å². The number of urea groups is 1. The van der Waals surface area contributed by atoms with Gasteiger partial charge >= 0.3 is 6.03 Å². The molecule has 3 aromatic heterocycles. The van der Waals surface area contributed by atoms with Crippen molar-refractivity contribution in [2.24, 2.45) is 16.5 Å². The molecule has 0 spiro atoms. The highest BCUT2D eigenvalue weighted by molar-refractivity contribution is 7.86. The van der Waals surface area contributed by atoms with E-state index in [4.69, 9.17) is 34.7 Å². The maximum Gasteiger partial charge on any atom is 0.316 e. The van der Waals surface area contributed by atoms with E-state index in [1.54, 1.807) is 23.1 Å². The molecule has 0 saturated carbocycles. The molecule has 1 saturated heterocycles. The van der Waals surface area contributed by atoms with Crippen molar-refractivity contribution in [1.82, 2.24) is 39.4 Å². The summed E-state index contributed by atoms with van der Waals surface area (Å²) in [7, 11) is -10.4. The number of anilines is 9. The van der Waals surface area contributed by atoms with Crippen LogP contribution in [0.3, 0.4) is 0 Å². The Morgan fingerprint density at radius 3 is 2.06 bits per heavy atom. The molecule has 67 heavy (non-hydrogen) atoms. The van der Waals surface area contributed by atoms with E-state index >= 15 is 0 Å². The van der Waals surface area contributed by atoms with E-state index in [1.807, 2.05) is 0 Å². The summed E-state index contributed by atoms with van der Waals surface area (Å²) < 4.78 is 71.9. The van der Waals surface area contributed by atoms with E-state index in [1.165, 1.54) is 13.8 Å². The number of aliphatic imine (C=N–C) groups is 1. The lowest BCUT2D eigenvalue weighted by atomic mass is 10.1. The highest BCUT2D eigenvalue weighted by atomic mass is 35.5. The summed E-state index contributed by atoms with van der Waals surface area (Å²) in [5.41, 5.74) is 13.3. The number of aromatic hydroxyl groups is 1. The number of carbonyl (C=O) groups excluding carboxylic acids is 2. The fourth-order valence-electron chi connectivity index (χ4n) is 6.62. The summed E-state index contributed by atoms with van der Waals surface area (Å²) in [6.45, 7) is 8.74. The molecule has 1 aliphatic rings. The minimum absolute atomic E-state index is 0.0536. The molecule has 0 bridgehead atoms. The number of pyridine rings is 1. The second kappa shape index (κ2) is 20.1. The Morgan fingerprint density at radius 1 is 0.836 bits per heavy atom. The minimum atomic E-state index is -5.20. The quantitative estimate of drug-likeness (QED) is 0.0340. The standard InChI is InChI=1S/C35H40Cl2N18O10S2/c1-4-55-27(57)24(26(38)56)16(2)25(28(55)58)52-51-21-15-22(66(60,61)62)20(14-23(21)67(63,64)65)44-34-47-30(37)48-35(50-34)54-11-9-53(10-12-54)8-7-41-32-45-29(36)46-33(49-32)42-17-5-6-18(40-3)19(13-17)43-31(39)59/h5-6,13-15,51-52,58H,3-4,7-12H2,1-2H3,(H2,38,56)(H3,39,43,59)(H,60,61,62)(H,63,64,65)(H,44,47,48,50)(H2,41,42,45,46,49). The fourth-order valence-corrected chi connectivity index (χ4v) is 8.24. The van der Waals surface area contributed by atoms with Crippen LogP contribution in [0.2, 0.25) is 10.6 Å². The molecule has 1 aliphatic heterocycles. The highest BCUT2D eigenvalue weighted by Crippen LogP contribution is 2.35. The number of piperazine rings is 1. The van der Waals surface area contributed by atoms with E-state index in [-0.39, 0.29) is 52.2 Å². The Labute approximate surface area is 389 Å². The summed E-state index contributed by atoms with van der Waals surface area (Å²) in [5, 5.41) is 21.4. The highest BCUT2D eigenvalue weighted by Gasteiger charge is 2.28. The third-order valence-corrected chi connectivity index (χ3v) is 11.8. The van der Waals surface area contributed by atoms with Crippen LogP contribution in [0.25, 0.3) is 0 Å². The lowest BCUT2D eigenvalue weighted by molar-refractivity contribution is 0.0997. The maximum absolute atomic E-state index is 12.7. The molecule has 0 unspecified atom stereocenters. The van der Waals surface area contributed by atoms with E-state index in [0.29, 0.717) is 68.5 Å². The van der Waals surface area contributed by atoms with Gasteiger partial charge in [-0.15, -0.1) is 0 Å². The zero-order valence-electron chi connectivity index (χ0n) is 34.9. The molecule has 1 fully saturated rings. The second-order valence-corrected chi connectivity index (χ2v) is 17.5. The number of benzene rings is 2. The van der Waals surface area contributed by atoms with Crippen LogP contribution < -0.4 is 54.0 Å². The van der Waals surface area contributed by atoms with Crippen LogP contribution in [-0.2, 0) is 26.8 Å². The summed E-state index contributed by atoms with van der Waals surface area (Å²) in [4.78, 5) is 67.1. The third-order valence-electron chi connectivity index (χ3n) is 9.71. The van der Waals surface area contributed by atoms with Gasteiger partial charge in [0.1, 0.15) is 21.0 Å². The molecule has 13 N–H and O–H groups in total. The van der Waals surface area contributed by atoms with Crippen molar-refractivity contribution in [2.75, 3.05) is 76.3 Å². The number of carbonyl (C=O) groups is 2. The van der Waals surface area contributed by atoms with Crippen molar-refractivity contribution in [3.63, 3.8) is 0 Å². The monoisotopic (exact) mass is 1010 g/mol. The average Bonchev–Trinajstić information content (AvgIpc) is 3.23. The Morgan fingerprint density at radius 2 is 1.45 bits per heavy atom. The largest absolute Gasteiger partial charge is 0.493 e. The van der Waals surface area contributed by atoms with Gasteiger partial charge in [-0.05, 0) is 79.7 Å². The summed E-state index contributed by atoms with van der Waals surface area (Å²) in [6, 6.07) is 5.29. The topological polar surface area (TPSA) is 406 Å². The fraction of sp³-hybridized carbons (Fsp3) is 0.257. The number of nitrogens with two attached hydrogens (primary N) is 2. The Bertz CT molecular complexity index is 3070. The number of nitrogens with zero attached hydrogens (tertiary/aromatic N) is 10. The Kier molecular flexibility index (Phi) is 14.8. The van der Waals surface area contributed by atoms with Crippen LogP contribution in [0.1, 0.15) is 22.8 Å². The van der Waals surface area contributed by atoms with E-state index in [0.717, 1.165) is 4.57 Å². The van der Waals surface area contributed by atoms with Gasteiger partial charge in [-0.1, -0.05) is 0 Å². The SMILES string of the molecule is C=Nc1ccc(Nc2nc(Cl)nc(NCCN3CCN(c4nc(Cl)nc(Nc5cc(S(=O)(=O)O)c(NNc6c(C)c(C(N)=O)c(=O)n(CC)c6O)cc5S(=O)(=O)O)n4)CC3)n2)cc1NC(N)=O. The predicted molar refractivity (Wildman–Crippen MR) is 247 cm³/mol. The van der Waals surface area contributed by atoms with Crippen molar-refractivity contribution in [2.45, 2.75) is 30.2 Å². The molecule has 356 valence electrons. The smallest absolute Gasteiger partial charge is 0.316 e. The average molecular weight is 1010 g/mol. The number of rotatable bonds is 18. The summed E-state index contributed by atoms with van der Waals surface area (Å²) >= 11 is 12.4. The lowest BCUT2D eigenvalue weighted by Gasteiger charge is -2.34. The normalized spacial score (nSPS) is 13.1. The first-order valence-corrected chi connectivity index (χ1v) is 22.9. The number of amides is 3. The van der Waals surface area contributed by atoms with Gasteiger partial charge in [0.2, 0.25) is 40.2 Å². The molecule has 5 aromatic rings. The van der Waals surface area contributed by atoms with Crippen LogP contribution in [0.4, 0.5) is 62.7 Å². The second-order valence-electron chi connectivity index (χ2n) is 14.0. The Hall–Kier alpha value is -7.22. The van der Waals surface area contributed by atoms with Gasteiger partial charge in [-0.2, -0.15) is 46.7 Å². The van der Waals surface area contributed by atoms with Crippen LogP contribution in [0.15, 0.2) is 49.9 Å². The lowest BCUT2D eigenvalue weighted by Crippen LogP contribution is -2.48. The molecular weight excluding hydrogens is 968 g/mol. The zero-order chi connectivity index (χ0) is 49.0. The van der Waals surface area contributed by atoms with Crippen molar-refractivity contribution < 1.29 is 40.6 Å². The van der Waals surface area contributed by atoms with Gasteiger partial charge in [0.25, 0.3) is 31.7 Å². The molecular formula is C35H40Cl2N18O10S2. The van der Waals surface area contributed by atoms with Crippen LogP contribution in [-0.4, -0.2) is 128 Å². The van der Waals surface area contributed by atoms with E-state index < -0.39 is 70.3 Å². The molecule has 2 aromatic carbocycles. The first-order valence-electron chi connectivity index (χ1n) is 19.2. The third kappa shape index (κ3) is 11.8. The first kappa shape index (κ1) is 49.2. The van der Waals surface area contributed by atoms with Gasteiger partial charge in [0, 0.05) is 51.5 Å². The minimum Gasteiger partial charge on any atom is -0.493 e. The number of hydrogen-bond donors (Lipinski definition) is 11. The van der Waals surface area contributed by atoms with Crippen molar-refractivity contribution in [1.29, 1.82) is 0 Å². The zero-order valence-corrected chi connectivity index (χ0v) is 38.1. The molecule has 0 radical (unpaired) electrons. The Balaban J connectivity index is 1.14. The summed E-state index contributed by atoms with van der Waals surface area (Å²) in [6.07, 6.45) is 0. The van der Waals surface area contributed by atoms with Gasteiger partial charge in [0.05, 0.1) is 22.7 Å². The number of halogens is 2. The summed E-state index contributed by atoms with van der Waals surface area (Å²) in [5.74, 6) is -1.89. The van der Waals surface area contributed by atoms with E-state index in [9.17, 15) is 45.4 Å². The molecule has 28 nitrogen and oxygen atoms in total. The number of hydrogen-bond acceptors (Lipinski definition) is 22. The molecule has 0 atom stereocenters. The van der Waals surface area contributed by atoms with Gasteiger partial charge in [-0.3, -0.25) is 44.0 Å². The van der Waals surface area contributed by atoms with Crippen LogP contribution in [0, 0.1) is 6.92 Å². The van der Waals surface area contributed by atoms with Crippen LogP contribution >= 0.6 is 23.2 Å². The number of aromatic nitrogens is 7. The van der Waals surface area contributed by atoms with Crippen molar-refractivity contribution >= 4 is 120 Å². The van der Waals surface area contributed by atoms with Crippen LogP contribution in [0.5, 0.6) is 5.88 Å². The molecule has 6 rings (SSSR count). The molecule has 4 heterocycles. The maximum atomic E-state index is 12.7. The van der Waals surface area contributed by atoms with Crippen molar-refractivity contribution in [3.8, 4) is 5.88 Å².